The molecule has 6 heteroatoms. The number of aromatic nitrogens is 2. The van der Waals surface area contributed by atoms with E-state index in [1.807, 2.05) is 6.92 Å². The molecular formula is C14H14N4O2. The summed E-state index contributed by atoms with van der Waals surface area (Å²) in [5.74, 6) is 5.88. The number of rotatable bonds is 3. The molecule has 0 aliphatic heterocycles. The van der Waals surface area contributed by atoms with Gasteiger partial charge in [-0.1, -0.05) is 17.0 Å². The zero-order chi connectivity index (χ0) is 14.4. The number of hydrogen-bond donors (Lipinski definition) is 2. The van der Waals surface area contributed by atoms with Crippen LogP contribution in [0.25, 0.3) is 0 Å². The lowest BCUT2D eigenvalue weighted by molar-refractivity contribution is 0.0942. The molecule has 0 radical (unpaired) electrons. The van der Waals surface area contributed by atoms with E-state index >= 15 is 0 Å². The Labute approximate surface area is 116 Å². The van der Waals surface area contributed by atoms with Crippen molar-refractivity contribution in [1.29, 1.82) is 0 Å². The van der Waals surface area contributed by atoms with Crippen molar-refractivity contribution in [2.24, 2.45) is 5.73 Å². The van der Waals surface area contributed by atoms with Gasteiger partial charge in [0.1, 0.15) is 5.69 Å². The van der Waals surface area contributed by atoms with Crippen LogP contribution in [0, 0.1) is 18.8 Å². The molecule has 0 unspecified atom stereocenters. The zero-order valence-electron chi connectivity index (χ0n) is 11.0. The number of hydrogen-bond acceptors (Lipinski definition) is 5. The third kappa shape index (κ3) is 3.67. The van der Waals surface area contributed by atoms with Gasteiger partial charge in [-0.3, -0.25) is 4.79 Å². The van der Waals surface area contributed by atoms with E-state index in [9.17, 15) is 4.79 Å². The summed E-state index contributed by atoms with van der Waals surface area (Å²) in [6.45, 7) is 2.38. The van der Waals surface area contributed by atoms with E-state index in [1.165, 1.54) is 6.20 Å². The van der Waals surface area contributed by atoms with Crippen LogP contribution < -0.4 is 11.1 Å². The average Bonchev–Trinajstić information content (AvgIpc) is 2.89. The maximum Gasteiger partial charge on any atom is 0.270 e. The molecular weight excluding hydrogens is 256 g/mol. The summed E-state index contributed by atoms with van der Waals surface area (Å²) in [6.07, 6.45) is 1.54. The van der Waals surface area contributed by atoms with Crippen LogP contribution in [0.3, 0.4) is 0 Å². The number of nitrogens with one attached hydrogen (secondary N) is 1. The number of pyridine rings is 1. The van der Waals surface area contributed by atoms with Crippen LogP contribution in [0.15, 0.2) is 28.9 Å². The minimum atomic E-state index is -0.280. The summed E-state index contributed by atoms with van der Waals surface area (Å²) < 4.78 is 5.00. The molecule has 0 aliphatic carbocycles. The van der Waals surface area contributed by atoms with E-state index in [1.54, 1.807) is 18.2 Å². The Hall–Kier alpha value is -2.65. The zero-order valence-corrected chi connectivity index (χ0v) is 11.0. The molecule has 0 saturated carbocycles. The molecule has 0 aliphatic rings. The quantitative estimate of drug-likeness (QED) is 0.797. The summed E-state index contributed by atoms with van der Waals surface area (Å²) >= 11 is 0. The average molecular weight is 270 g/mol. The first-order valence-electron chi connectivity index (χ1n) is 6.04. The Morgan fingerprint density at radius 2 is 2.35 bits per heavy atom. The molecule has 0 aromatic carbocycles. The standard InChI is InChI=1S/C14H14N4O2/c1-10-7-12(20-18-10)9-17-14(19)13-5-4-11(8-16-13)3-2-6-15/h4-5,7-8H,6,9,15H2,1H3,(H,17,19). The number of aryl methyl sites for hydroxylation is 1. The molecule has 0 bridgehead atoms. The van der Waals surface area contributed by atoms with Gasteiger partial charge in [0.05, 0.1) is 18.8 Å². The Bertz CT molecular complexity index is 650. The van der Waals surface area contributed by atoms with Crippen LogP contribution in [0.2, 0.25) is 0 Å². The van der Waals surface area contributed by atoms with Gasteiger partial charge in [-0.05, 0) is 19.1 Å². The van der Waals surface area contributed by atoms with Crippen LogP contribution in [-0.2, 0) is 6.54 Å². The van der Waals surface area contributed by atoms with Gasteiger partial charge in [0, 0.05) is 17.8 Å². The minimum Gasteiger partial charge on any atom is -0.359 e. The van der Waals surface area contributed by atoms with Gasteiger partial charge in [-0.25, -0.2) is 4.98 Å². The van der Waals surface area contributed by atoms with Crippen molar-refractivity contribution in [1.82, 2.24) is 15.5 Å². The SMILES string of the molecule is Cc1cc(CNC(=O)c2ccc(C#CCN)cn2)on1. The lowest BCUT2D eigenvalue weighted by Gasteiger charge is -2.01. The van der Waals surface area contributed by atoms with E-state index in [-0.39, 0.29) is 12.5 Å². The third-order valence-electron chi connectivity index (χ3n) is 2.43. The van der Waals surface area contributed by atoms with Crippen LogP contribution in [0.5, 0.6) is 0 Å². The van der Waals surface area contributed by atoms with Crippen molar-refractivity contribution in [2.45, 2.75) is 13.5 Å². The van der Waals surface area contributed by atoms with Crippen molar-refractivity contribution in [3.8, 4) is 11.8 Å². The third-order valence-corrected chi connectivity index (χ3v) is 2.43. The lowest BCUT2D eigenvalue weighted by atomic mass is 10.2. The fraction of sp³-hybridized carbons (Fsp3) is 0.214. The van der Waals surface area contributed by atoms with Gasteiger partial charge in [0.2, 0.25) is 0 Å². The van der Waals surface area contributed by atoms with Crippen molar-refractivity contribution in [3.63, 3.8) is 0 Å². The highest BCUT2D eigenvalue weighted by Crippen LogP contribution is 2.03. The van der Waals surface area contributed by atoms with Gasteiger partial charge in [-0.2, -0.15) is 0 Å². The molecule has 2 aromatic rings. The predicted molar refractivity (Wildman–Crippen MR) is 72.6 cm³/mol. The summed E-state index contributed by atoms with van der Waals surface area (Å²) in [7, 11) is 0. The van der Waals surface area contributed by atoms with Crippen LogP contribution in [-0.4, -0.2) is 22.6 Å². The summed E-state index contributed by atoms with van der Waals surface area (Å²) in [5, 5.41) is 6.44. The second kappa shape index (κ2) is 6.50. The molecule has 0 atom stereocenters. The molecule has 6 nitrogen and oxygen atoms in total. The maximum atomic E-state index is 11.9. The second-order valence-electron chi connectivity index (χ2n) is 4.06. The van der Waals surface area contributed by atoms with Gasteiger partial charge < -0.3 is 15.6 Å². The fourth-order valence-corrected chi connectivity index (χ4v) is 1.51. The monoisotopic (exact) mass is 270 g/mol. The van der Waals surface area contributed by atoms with Gasteiger partial charge >= 0.3 is 0 Å². The number of carbonyl (C=O) groups excluding carboxylic acids is 1. The summed E-state index contributed by atoms with van der Waals surface area (Å²) in [4.78, 5) is 15.9. The number of carbonyl (C=O) groups is 1. The highest BCUT2D eigenvalue weighted by Gasteiger charge is 2.08. The smallest absolute Gasteiger partial charge is 0.270 e. The lowest BCUT2D eigenvalue weighted by Crippen LogP contribution is -2.23. The first-order chi connectivity index (χ1) is 9.69. The molecule has 0 spiro atoms. The molecule has 0 saturated heterocycles. The number of amides is 1. The molecule has 2 aromatic heterocycles. The first-order valence-corrected chi connectivity index (χ1v) is 6.04. The largest absolute Gasteiger partial charge is 0.359 e. The molecule has 2 heterocycles. The highest BCUT2D eigenvalue weighted by molar-refractivity contribution is 5.92. The van der Waals surface area contributed by atoms with E-state index in [0.29, 0.717) is 18.0 Å². The van der Waals surface area contributed by atoms with Gasteiger partial charge in [-0.15, -0.1) is 0 Å². The molecule has 20 heavy (non-hydrogen) atoms. The molecule has 102 valence electrons. The Morgan fingerprint density at radius 3 is 2.95 bits per heavy atom. The normalized spacial score (nSPS) is 9.70. The van der Waals surface area contributed by atoms with E-state index in [4.69, 9.17) is 10.3 Å². The molecule has 3 N–H and O–H groups in total. The van der Waals surface area contributed by atoms with Crippen molar-refractivity contribution in [3.05, 3.63) is 47.1 Å². The molecule has 0 fully saturated rings. The van der Waals surface area contributed by atoms with Crippen molar-refractivity contribution in [2.75, 3.05) is 6.54 Å². The fourth-order valence-electron chi connectivity index (χ4n) is 1.51. The summed E-state index contributed by atoms with van der Waals surface area (Å²) in [5.41, 5.74) is 7.09. The second-order valence-corrected chi connectivity index (χ2v) is 4.06. The Kier molecular flexibility index (Phi) is 4.47. The van der Waals surface area contributed by atoms with Crippen LogP contribution in [0.4, 0.5) is 0 Å². The molecule has 1 amide bonds. The van der Waals surface area contributed by atoms with Crippen LogP contribution in [0.1, 0.15) is 27.5 Å². The molecule has 2 rings (SSSR count). The van der Waals surface area contributed by atoms with E-state index in [0.717, 1.165) is 11.3 Å². The highest BCUT2D eigenvalue weighted by atomic mass is 16.5. The van der Waals surface area contributed by atoms with E-state index in [2.05, 4.69) is 27.3 Å². The minimum absolute atomic E-state index is 0.274. The first kappa shape index (κ1) is 13.8. The number of nitrogens with zero attached hydrogens (tertiary/aromatic N) is 2. The maximum absolute atomic E-state index is 11.9. The number of nitrogens with two attached hydrogens (primary N) is 1. The summed E-state index contributed by atoms with van der Waals surface area (Å²) in [6, 6.07) is 5.10. The van der Waals surface area contributed by atoms with Crippen molar-refractivity contribution >= 4 is 5.91 Å². The van der Waals surface area contributed by atoms with Crippen LogP contribution >= 0.6 is 0 Å². The van der Waals surface area contributed by atoms with Crippen molar-refractivity contribution < 1.29 is 9.32 Å². The Morgan fingerprint density at radius 1 is 1.50 bits per heavy atom. The predicted octanol–water partition coefficient (Wildman–Crippen LogP) is 0.618. The van der Waals surface area contributed by atoms with Gasteiger partial charge in [0.15, 0.2) is 5.76 Å². The topological polar surface area (TPSA) is 94.0 Å². The van der Waals surface area contributed by atoms with Gasteiger partial charge in [0.25, 0.3) is 5.91 Å². The Balaban J connectivity index is 1.95. The van der Waals surface area contributed by atoms with E-state index < -0.39 is 0 Å².